The highest BCUT2D eigenvalue weighted by Crippen LogP contribution is 2.16. The molecule has 0 spiro atoms. The number of nitrogens with zero attached hydrogens (tertiary/aromatic N) is 1. The lowest BCUT2D eigenvalue weighted by Crippen LogP contribution is -2.37. The van der Waals surface area contributed by atoms with Crippen LogP contribution in [0.15, 0.2) is 23.2 Å². The average molecular weight is 455 g/mol. The molecule has 0 saturated carbocycles. The van der Waals surface area contributed by atoms with E-state index in [1.54, 1.807) is 24.9 Å². The van der Waals surface area contributed by atoms with Gasteiger partial charge in [0.2, 0.25) is 0 Å². The molecule has 1 aromatic rings. The number of aliphatic imine (C=N–C) groups is 1. The molecule has 0 radical (unpaired) electrons. The molecule has 0 aromatic heterocycles. The number of rotatable bonds is 9. The normalized spacial score (nSPS) is 11.0. The highest BCUT2D eigenvalue weighted by molar-refractivity contribution is 14.0. The third-order valence-corrected chi connectivity index (χ3v) is 3.70. The predicted octanol–water partition coefficient (Wildman–Crippen LogP) is 3.40. The van der Waals surface area contributed by atoms with Crippen LogP contribution in [0.2, 0.25) is 0 Å². The molecule has 0 aliphatic rings. The highest BCUT2D eigenvalue weighted by Gasteiger charge is 2.05. The average Bonchev–Trinajstić information content (AvgIpc) is 2.52. The van der Waals surface area contributed by atoms with Crippen molar-refractivity contribution in [2.24, 2.45) is 4.99 Å². The third-order valence-electron chi connectivity index (χ3n) is 3.10. The zero-order valence-electron chi connectivity index (χ0n) is 14.0. The Morgan fingerprint density at radius 3 is 2.74 bits per heavy atom. The number of nitrogens with one attached hydrogen (secondary N) is 2. The van der Waals surface area contributed by atoms with Gasteiger partial charge >= 0.3 is 0 Å². The van der Waals surface area contributed by atoms with Crippen LogP contribution in [0.5, 0.6) is 0 Å². The number of thioether (sulfide) groups is 1. The van der Waals surface area contributed by atoms with Crippen LogP contribution in [0.25, 0.3) is 0 Å². The van der Waals surface area contributed by atoms with Gasteiger partial charge in [-0.25, -0.2) is 4.39 Å². The molecule has 7 heteroatoms. The fourth-order valence-electron chi connectivity index (χ4n) is 1.98. The quantitative estimate of drug-likeness (QED) is 0.259. The van der Waals surface area contributed by atoms with Crippen LogP contribution in [0, 0.1) is 5.82 Å². The van der Waals surface area contributed by atoms with Crippen molar-refractivity contribution in [3.63, 3.8) is 0 Å². The summed E-state index contributed by atoms with van der Waals surface area (Å²) in [4.78, 5) is 4.19. The zero-order chi connectivity index (χ0) is 16.2. The minimum Gasteiger partial charge on any atom is -0.382 e. The maximum atomic E-state index is 13.3. The molecule has 2 N–H and O–H groups in total. The second-order valence-electron chi connectivity index (χ2n) is 4.75. The molecule has 0 heterocycles. The molecule has 0 bridgehead atoms. The summed E-state index contributed by atoms with van der Waals surface area (Å²) in [6.07, 6.45) is 2.95. The van der Waals surface area contributed by atoms with Crippen molar-refractivity contribution in [3.05, 3.63) is 35.1 Å². The Morgan fingerprint density at radius 1 is 1.30 bits per heavy atom. The summed E-state index contributed by atoms with van der Waals surface area (Å²) in [5.41, 5.74) is 2.11. The maximum Gasteiger partial charge on any atom is 0.191 e. The third kappa shape index (κ3) is 9.36. The van der Waals surface area contributed by atoms with Crippen LogP contribution in [0.4, 0.5) is 4.39 Å². The van der Waals surface area contributed by atoms with Crippen molar-refractivity contribution in [2.75, 3.05) is 33.1 Å². The number of benzene rings is 1. The lowest BCUT2D eigenvalue weighted by molar-refractivity contribution is 0.145. The minimum absolute atomic E-state index is 0. The molecule has 0 aliphatic carbocycles. The molecule has 4 nitrogen and oxygen atoms in total. The van der Waals surface area contributed by atoms with Gasteiger partial charge in [0.25, 0.3) is 0 Å². The van der Waals surface area contributed by atoms with Crippen LogP contribution < -0.4 is 10.6 Å². The van der Waals surface area contributed by atoms with E-state index in [4.69, 9.17) is 4.74 Å². The Bertz CT molecular complexity index is 475. The second-order valence-corrected chi connectivity index (χ2v) is 5.62. The van der Waals surface area contributed by atoms with Gasteiger partial charge in [-0.15, -0.1) is 24.0 Å². The molecule has 0 atom stereocenters. The van der Waals surface area contributed by atoms with Crippen molar-refractivity contribution in [1.29, 1.82) is 0 Å². The van der Waals surface area contributed by atoms with E-state index in [-0.39, 0.29) is 29.8 Å². The Balaban J connectivity index is 0.00000484. The summed E-state index contributed by atoms with van der Waals surface area (Å²) >= 11 is 1.68. The van der Waals surface area contributed by atoms with E-state index < -0.39 is 0 Å². The van der Waals surface area contributed by atoms with Crippen LogP contribution >= 0.6 is 35.7 Å². The van der Waals surface area contributed by atoms with Crippen LogP contribution in [-0.2, 0) is 17.0 Å². The number of hydrogen-bond donors (Lipinski definition) is 2. The lowest BCUT2D eigenvalue weighted by atomic mass is 10.1. The molecule has 0 unspecified atom stereocenters. The Hall–Kier alpha value is -0.540. The van der Waals surface area contributed by atoms with Crippen LogP contribution in [0.3, 0.4) is 0 Å². The fourth-order valence-corrected chi connectivity index (χ4v) is 2.56. The molecule has 132 valence electrons. The Kier molecular flexibility index (Phi) is 13.5. The predicted molar refractivity (Wildman–Crippen MR) is 108 cm³/mol. The van der Waals surface area contributed by atoms with Crippen molar-refractivity contribution >= 4 is 41.7 Å². The summed E-state index contributed by atoms with van der Waals surface area (Å²) in [7, 11) is 1.74. The SMILES string of the molecule is CCOCCCNC(=NC)NCc1ccc(F)cc1CSC.I. The fraction of sp³-hybridized carbons (Fsp3) is 0.562. The van der Waals surface area contributed by atoms with Gasteiger partial charge in [-0.3, -0.25) is 4.99 Å². The standard InChI is InChI=1S/C16H26FN3OS.HI/c1-4-21-9-5-8-19-16(18-2)20-11-13-6-7-15(17)10-14(13)12-22-3;/h6-7,10H,4-5,8-9,11-12H2,1-3H3,(H2,18,19,20);1H. The second kappa shape index (κ2) is 13.9. The van der Waals surface area contributed by atoms with Crippen molar-refractivity contribution in [2.45, 2.75) is 25.6 Å². The molecule has 1 rings (SSSR count). The topological polar surface area (TPSA) is 45.6 Å². The van der Waals surface area contributed by atoms with E-state index in [0.29, 0.717) is 6.54 Å². The van der Waals surface area contributed by atoms with Crippen molar-refractivity contribution in [3.8, 4) is 0 Å². The first-order chi connectivity index (χ1) is 10.7. The molecular weight excluding hydrogens is 428 g/mol. The highest BCUT2D eigenvalue weighted by atomic mass is 127. The molecule has 0 fully saturated rings. The number of halogens is 2. The van der Waals surface area contributed by atoms with Gasteiger partial charge in [0.05, 0.1) is 0 Å². The smallest absolute Gasteiger partial charge is 0.191 e. The molecular formula is C16H27FIN3OS. The van der Waals surface area contributed by atoms with Crippen LogP contribution in [-0.4, -0.2) is 39.0 Å². The molecule has 0 amide bonds. The Morgan fingerprint density at radius 2 is 2.09 bits per heavy atom. The first-order valence-corrected chi connectivity index (χ1v) is 8.89. The number of guanidine groups is 1. The van der Waals surface area contributed by atoms with Gasteiger partial charge in [0, 0.05) is 39.1 Å². The van der Waals surface area contributed by atoms with Gasteiger partial charge in [0.1, 0.15) is 5.82 Å². The van der Waals surface area contributed by atoms with Gasteiger partial charge < -0.3 is 15.4 Å². The van der Waals surface area contributed by atoms with Gasteiger partial charge in [-0.05, 0) is 42.9 Å². The monoisotopic (exact) mass is 455 g/mol. The molecule has 1 aromatic carbocycles. The zero-order valence-corrected chi connectivity index (χ0v) is 17.2. The van der Waals surface area contributed by atoms with E-state index in [1.807, 2.05) is 19.2 Å². The van der Waals surface area contributed by atoms with E-state index in [1.165, 1.54) is 6.07 Å². The molecule has 0 saturated heterocycles. The van der Waals surface area contributed by atoms with Crippen molar-refractivity contribution in [1.82, 2.24) is 10.6 Å². The van der Waals surface area contributed by atoms with E-state index in [0.717, 1.165) is 49.0 Å². The largest absolute Gasteiger partial charge is 0.382 e. The first kappa shape index (κ1) is 22.5. The number of hydrogen-bond acceptors (Lipinski definition) is 3. The summed E-state index contributed by atoms with van der Waals surface area (Å²) in [6, 6.07) is 4.93. The molecule has 23 heavy (non-hydrogen) atoms. The van der Waals surface area contributed by atoms with Crippen LogP contribution in [0.1, 0.15) is 24.5 Å². The van der Waals surface area contributed by atoms with E-state index in [9.17, 15) is 4.39 Å². The summed E-state index contributed by atoms with van der Waals surface area (Å²) < 4.78 is 18.6. The minimum atomic E-state index is -0.189. The van der Waals surface area contributed by atoms with E-state index >= 15 is 0 Å². The summed E-state index contributed by atoms with van der Waals surface area (Å²) in [6.45, 7) is 4.91. The van der Waals surface area contributed by atoms with E-state index in [2.05, 4.69) is 15.6 Å². The molecule has 0 aliphatic heterocycles. The summed E-state index contributed by atoms with van der Waals surface area (Å²) in [5.74, 6) is 1.36. The summed E-state index contributed by atoms with van der Waals surface area (Å²) in [5, 5.41) is 6.50. The van der Waals surface area contributed by atoms with Gasteiger partial charge in [0.15, 0.2) is 5.96 Å². The lowest BCUT2D eigenvalue weighted by Gasteiger charge is -2.14. The maximum absolute atomic E-state index is 13.3. The first-order valence-electron chi connectivity index (χ1n) is 7.49. The van der Waals surface area contributed by atoms with Gasteiger partial charge in [-0.1, -0.05) is 6.07 Å². The van der Waals surface area contributed by atoms with Gasteiger partial charge in [-0.2, -0.15) is 11.8 Å². The Labute approximate surface area is 160 Å². The van der Waals surface area contributed by atoms with Crippen molar-refractivity contribution < 1.29 is 9.13 Å². The number of ether oxygens (including phenoxy) is 1.